The molecule has 1 aliphatic rings. The fraction of sp³-hybridized carbons (Fsp3) is 0.650. The van der Waals surface area contributed by atoms with Crippen LogP contribution >= 0.6 is 0 Å². The molecule has 1 atom stereocenters. The van der Waals surface area contributed by atoms with Gasteiger partial charge < -0.3 is 20.5 Å². The SMILES string of the molecule is C=CCCC(=O)OCCNC(=O)C(CC=C)CC(=O)NC1(CO)CCCC1. The van der Waals surface area contributed by atoms with E-state index in [1.54, 1.807) is 12.2 Å². The van der Waals surface area contributed by atoms with Crippen LogP contribution in [0, 0.1) is 5.92 Å². The number of aliphatic hydroxyl groups excluding tert-OH is 1. The first-order valence-electron chi connectivity index (χ1n) is 9.53. The minimum Gasteiger partial charge on any atom is -0.464 e. The van der Waals surface area contributed by atoms with Crippen molar-refractivity contribution in [3.8, 4) is 0 Å². The van der Waals surface area contributed by atoms with E-state index in [0.29, 0.717) is 12.8 Å². The molecule has 7 nitrogen and oxygen atoms in total. The zero-order chi connectivity index (χ0) is 20.1. The Morgan fingerprint density at radius 1 is 1.19 bits per heavy atom. The van der Waals surface area contributed by atoms with Crippen LogP contribution in [0.25, 0.3) is 0 Å². The Morgan fingerprint density at radius 3 is 2.48 bits per heavy atom. The first-order chi connectivity index (χ1) is 13.0. The smallest absolute Gasteiger partial charge is 0.306 e. The third-order valence-corrected chi connectivity index (χ3v) is 4.74. The molecule has 1 rings (SSSR count). The Morgan fingerprint density at radius 2 is 1.89 bits per heavy atom. The van der Waals surface area contributed by atoms with Gasteiger partial charge in [0.05, 0.1) is 24.6 Å². The molecule has 3 N–H and O–H groups in total. The van der Waals surface area contributed by atoms with E-state index in [2.05, 4.69) is 23.8 Å². The average molecular weight is 380 g/mol. The van der Waals surface area contributed by atoms with Crippen molar-refractivity contribution in [3.63, 3.8) is 0 Å². The number of hydrogen-bond acceptors (Lipinski definition) is 5. The van der Waals surface area contributed by atoms with Crippen molar-refractivity contribution in [2.45, 2.75) is 56.9 Å². The maximum absolute atomic E-state index is 12.4. The normalized spacial score (nSPS) is 16.2. The molecule has 2 amide bonds. The maximum Gasteiger partial charge on any atom is 0.306 e. The van der Waals surface area contributed by atoms with Crippen LogP contribution in [0.1, 0.15) is 51.4 Å². The second kappa shape index (κ2) is 12.3. The van der Waals surface area contributed by atoms with Gasteiger partial charge in [-0.25, -0.2) is 0 Å². The summed E-state index contributed by atoms with van der Waals surface area (Å²) in [6, 6.07) is 0. The van der Waals surface area contributed by atoms with Crippen LogP contribution < -0.4 is 10.6 Å². The van der Waals surface area contributed by atoms with E-state index in [1.165, 1.54) is 0 Å². The summed E-state index contributed by atoms with van der Waals surface area (Å²) in [5, 5.41) is 15.2. The Hall–Kier alpha value is -2.15. The quantitative estimate of drug-likeness (QED) is 0.256. The molecule has 0 aromatic carbocycles. The second-order valence-electron chi connectivity index (χ2n) is 6.96. The number of aliphatic hydroxyl groups is 1. The molecule has 152 valence electrons. The fourth-order valence-electron chi connectivity index (χ4n) is 3.20. The average Bonchev–Trinajstić information content (AvgIpc) is 3.11. The van der Waals surface area contributed by atoms with Crippen molar-refractivity contribution in [1.82, 2.24) is 10.6 Å². The van der Waals surface area contributed by atoms with Crippen molar-refractivity contribution in [3.05, 3.63) is 25.3 Å². The minimum atomic E-state index is -0.550. The lowest BCUT2D eigenvalue weighted by Crippen LogP contribution is -2.50. The van der Waals surface area contributed by atoms with Gasteiger partial charge in [-0.3, -0.25) is 14.4 Å². The van der Waals surface area contributed by atoms with Gasteiger partial charge in [-0.15, -0.1) is 13.2 Å². The summed E-state index contributed by atoms with van der Waals surface area (Å²) in [5.41, 5.74) is -0.550. The third-order valence-electron chi connectivity index (χ3n) is 4.74. The highest BCUT2D eigenvalue weighted by Gasteiger charge is 2.35. The molecule has 27 heavy (non-hydrogen) atoms. The summed E-state index contributed by atoms with van der Waals surface area (Å²) in [6.07, 6.45) is 7.91. The van der Waals surface area contributed by atoms with Crippen LogP contribution in [0.3, 0.4) is 0 Å². The van der Waals surface area contributed by atoms with Gasteiger partial charge in [0.25, 0.3) is 0 Å². The second-order valence-corrected chi connectivity index (χ2v) is 6.96. The van der Waals surface area contributed by atoms with Gasteiger partial charge in [0.15, 0.2) is 0 Å². The van der Waals surface area contributed by atoms with Gasteiger partial charge in [0.1, 0.15) is 6.61 Å². The summed E-state index contributed by atoms with van der Waals surface area (Å²) < 4.78 is 5.00. The molecule has 0 aromatic heterocycles. The lowest BCUT2D eigenvalue weighted by atomic mass is 9.96. The summed E-state index contributed by atoms with van der Waals surface area (Å²) in [7, 11) is 0. The van der Waals surface area contributed by atoms with Crippen LogP contribution in [0.4, 0.5) is 0 Å². The van der Waals surface area contributed by atoms with Crippen LogP contribution in [0.15, 0.2) is 25.3 Å². The molecule has 7 heteroatoms. The molecule has 0 saturated heterocycles. The number of rotatable bonds is 13. The lowest BCUT2D eigenvalue weighted by molar-refractivity contribution is -0.144. The summed E-state index contributed by atoms with van der Waals surface area (Å²) >= 11 is 0. The van der Waals surface area contributed by atoms with Gasteiger partial charge in [-0.1, -0.05) is 25.0 Å². The number of carbonyl (C=O) groups excluding carboxylic acids is 3. The number of amides is 2. The Labute approximate surface area is 161 Å². The van der Waals surface area contributed by atoms with Crippen LogP contribution in [-0.4, -0.2) is 48.2 Å². The molecule has 1 fully saturated rings. The van der Waals surface area contributed by atoms with Crippen LogP contribution in [-0.2, 0) is 19.1 Å². The lowest BCUT2D eigenvalue weighted by Gasteiger charge is -2.28. The van der Waals surface area contributed by atoms with Crippen molar-refractivity contribution >= 4 is 17.8 Å². The van der Waals surface area contributed by atoms with Crippen molar-refractivity contribution in [2.24, 2.45) is 5.92 Å². The number of ether oxygens (including phenoxy) is 1. The molecule has 0 heterocycles. The van der Waals surface area contributed by atoms with Crippen molar-refractivity contribution in [1.29, 1.82) is 0 Å². The predicted molar refractivity (Wildman–Crippen MR) is 103 cm³/mol. The monoisotopic (exact) mass is 380 g/mol. The molecule has 1 aliphatic carbocycles. The molecule has 1 saturated carbocycles. The highest BCUT2D eigenvalue weighted by atomic mass is 16.5. The summed E-state index contributed by atoms with van der Waals surface area (Å²) in [5.74, 6) is -1.41. The van der Waals surface area contributed by atoms with E-state index < -0.39 is 11.5 Å². The number of hydrogen-bond donors (Lipinski definition) is 3. The van der Waals surface area contributed by atoms with Gasteiger partial charge >= 0.3 is 5.97 Å². The fourth-order valence-corrected chi connectivity index (χ4v) is 3.20. The number of nitrogens with one attached hydrogen (secondary N) is 2. The Balaban J connectivity index is 2.41. The van der Waals surface area contributed by atoms with E-state index in [1.807, 2.05) is 0 Å². The molecule has 0 aromatic rings. The topological polar surface area (TPSA) is 105 Å². The zero-order valence-corrected chi connectivity index (χ0v) is 16.0. The first-order valence-corrected chi connectivity index (χ1v) is 9.53. The van der Waals surface area contributed by atoms with Crippen LogP contribution in [0.2, 0.25) is 0 Å². The van der Waals surface area contributed by atoms with Gasteiger partial charge in [0.2, 0.25) is 11.8 Å². The summed E-state index contributed by atoms with van der Waals surface area (Å²) in [6.45, 7) is 7.36. The van der Waals surface area contributed by atoms with E-state index in [-0.39, 0.29) is 50.4 Å². The van der Waals surface area contributed by atoms with E-state index in [4.69, 9.17) is 4.74 Å². The Bertz CT molecular complexity index is 526. The molecule has 0 spiro atoms. The third kappa shape index (κ3) is 8.39. The number of carbonyl (C=O) groups is 3. The molecule has 0 radical (unpaired) electrons. The number of esters is 1. The highest BCUT2D eigenvalue weighted by molar-refractivity contribution is 5.86. The van der Waals surface area contributed by atoms with E-state index in [0.717, 1.165) is 25.7 Å². The highest BCUT2D eigenvalue weighted by Crippen LogP contribution is 2.29. The molecule has 0 bridgehead atoms. The van der Waals surface area contributed by atoms with Gasteiger partial charge in [0, 0.05) is 12.8 Å². The van der Waals surface area contributed by atoms with Gasteiger partial charge in [-0.05, 0) is 25.7 Å². The van der Waals surface area contributed by atoms with Gasteiger partial charge in [-0.2, -0.15) is 0 Å². The van der Waals surface area contributed by atoms with E-state index in [9.17, 15) is 19.5 Å². The zero-order valence-electron chi connectivity index (χ0n) is 16.0. The minimum absolute atomic E-state index is 0.0265. The Kier molecular flexibility index (Phi) is 10.4. The largest absolute Gasteiger partial charge is 0.464 e. The first kappa shape index (κ1) is 22.9. The van der Waals surface area contributed by atoms with E-state index >= 15 is 0 Å². The molecular weight excluding hydrogens is 348 g/mol. The number of allylic oxidation sites excluding steroid dienone is 2. The standard InChI is InChI=1S/C20H32N2O5/c1-3-5-9-18(25)27-13-12-21-19(26)16(8-4-2)14-17(24)22-20(15-23)10-6-7-11-20/h3-4,16,23H,1-2,5-15H2,(H,21,26)(H,22,24). The van der Waals surface area contributed by atoms with Crippen LogP contribution in [0.5, 0.6) is 0 Å². The molecule has 0 aliphatic heterocycles. The predicted octanol–water partition coefficient (Wildman–Crippen LogP) is 1.62. The van der Waals surface area contributed by atoms with Crippen molar-refractivity contribution < 1.29 is 24.2 Å². The van der Waals surface area contributed by atoms with Crippen molar-refractivity contribution in [2.75, 3.05) is 19.8 Å². The molecular formula is C20H32N2O5. The summed E-state index contributed by atoms with van der Waals surface area (Å²) in [4.78, 5) is 36.1. The molecule has 1 unspecified atom stereocenters. The maximum atomic E-state index is 12.4.